The molecule has 0 aliphatic carbocycles. The van der Waals surface area contributed by atoms with Gasteiger partial charge in [0.25, 0.3) is 0 Å². The zero-order chi connectivity index (χ0) is 13.8. The van der Waals surface area contributed by atoms with Gasteiger partial charge in [0, 0.05) is 31.5 Å². The third kappa shape index (κ3) is 3.22. The molecule has 0 aromatic carbocycles. The Hall–Kier alpha value is -1.65. The van der Waals surface area contributed by atoms with Gasteiger partial charge in [-0.2, -0.15) is 0 Å². The third-order valence-corrected chi connectivity index (χ3v) is 3.52. The lowest BCUT2D eigenvalue weighted by atomic mass is 10.3. The molecule has 0 bridgehead atoms. The number of aromatic nitrogens is 2. The maximum Gasteiger partial charge on any atom is 0.242 e. The molecule has 0 N–H and O–H groups in total. The van der Waals surface area contributed by atoms with Crippen LogP contribution in [0, 0.1) is 13.8 Å². The molecule has 5 heteroatoms. The van der Waals surface area contributed by atoms with Crippen molar-refractivity contribution in [2.45, 2.75) is 33.6 Å². The molecule has 1 saturated heterocycles. The van der Waals surface area contributed by atoms with Gasteiger partial charge in [-0.1, -0.05) is 6.92 Å². The van der Waals surface area contributed by atoms with E-state index in [0.717, 1.165) is 43.7 Å². The zero-order valence-corrected chi connectivity index (χ0v) is 12.0. The molecule has 2 heterocycles. The Morgan fingerprint density at radius 2 is 2.11 bits per heavy atom. The third-order valence-electron chi connectivity index (χ3n) is 3.52. The van der Waals surface area contributed by atoms with E-state index < -0.39 is 0 Å². The van der Waals surface area contributed by atoms with Gasteiger partial charge in [0.15, 0.2) is 0 Å². The van der Waals surface area contributed by atoms with Crippen LogP contribution in [0.1, 0.15) is 31.0 Å². The molecule has 1 amide bonds. The van der Waals surface area contributed by atoms with Crippen LogP contribution < -0.4 is 4.90 Å². The van der Waals surface area contributed by atoms with E-state index >= 15 is 0 Å². The van der Waals surface area contributed by atoms with E-state index in [-0.39, 0.29) is 5.91 Å². The second kappa shape index (κ2) is 5.99. The van der Waals surface area contributed by atoms with E-state index in [4.69, 9.17) is 0 Å². The summed E-state index contributed by atoms with van der Waals surface area (Å²) in [4.78, 5) is 24.9. The van der Waals surface area contributed by atoms with E-state index in [0.29, 0.717) is 12.5 Å². The van der Waals surface area contributed by atoms with Crippen LogP contribution in [0.25, 0.3) is 0 Å². The van der Waals surface area contributed by atoms with Crippen LogP contribution in [-0.4, -0.2) is 47.0 Å². The fraction of sp³-hybridized carbons (Fsp3) is 0.643. The van der Waals surface area contributed by atoms with Gasteiger partial charge < -0.3 is 9.80 Å². The smallest absolute Gasteiger partial charge is 0.242 e. The molecule has 1 aromatic rings. The monoisotopic (exact) mass is 262 g/mol. The molecule has 5 nitrogen and oxygen atoms in total. The summed E-state index contributed by atoms with van der Waals surface area (Å²) in [5, 5.41) is 0. The van der Waals surface area contributed by atoms with E-state index in [1.54, 1.807) is 0 Å². The van der Waals surface area contributed by atoms with Crippen LogP contribution in [0.2, 0.25) is 0 Å². The molecular formula is C14H22N4O. The maximum atomic E-state index is 12.2. The molecule has 0 unspecified atom stereocenters. The highest BCUT2D eigenvalue weighted by atomic mass is 16.2. The number of anilines is 1. The molecule has 1 fully saturated rings. The highest BCUT2D eigenvalue weighted by molar-refractivity contribution is 5.81. The Morgan fingerprint density at radius 3 is 2.79 bits per heavy atom. The second-order valence-electron chi connectivity index (χ2n) is 5.09. The number of amides is 1. The van der Waals surface area contributed by atoms with Crippen molar-refractivity contribution in [3.8, 4) is 0 Å². The summed E-state index contributed by atoms with van der Waals surface area (Å²) in [5.74, 6) is 0.857. The summed E-state index contributed by atoms with van der Waals surface area (Å²) >= 11 is 0. The van der Waals surface area contributed by atoms with Crippen LogP contribution >= 0.6 is 0 Å². The Bertz CT molecular complexity index is 461. The molecule has 0 radical (unpaired) electrons. The molecule has 1 aliphatic heterocycles. The van der Waals surface area contributed by atoms with Crippen molar-refractivity contribution in [2.75, 3.05) is 31.1 Å². The first kappa shape index (κ1) is 13.8. The van der Waals surface area contributed by atoms with Crippen molar-refractivity contribution in [2.24, 2.45) is 0 Å². The molecule has 0 saturated carbocycles. The predicted molar refractivity (Wildman–Crippen MR) is 75.2 cm³/mol. The summed E-state index contributed by atoms with van der Waals surface area (Å²) in [7, 11) is 0. The minimum Gasteiger partial charge on any atom is -0.341 e. The standard InChI is InChI=1S/C14H22N4O/c1-4-6-17-7-5-8-18(10-13(17)19)14-15-9-11(2)12(3)16-14/h9H,4-8,10H2,1-3H3. The number of carbonyl (C=O) groups excluding carboxylic acids is 1. The van der Waals surface area contributed by atoms with E-state index in [2.05, 4.69) is 16.9 Å². The summed E-state index contributed by atoms with van der Waals surface area (Å²) in [6, 6.07) is 0. The largest absolute Gasteiger partial charge is 0.341 e. The number of carbonyl (C=O) groups is 1. The number of nitrogens with zero attached hydrogens (tertiary/aromatic N) is 4. The average molecular weight is 262 g/mol. The Kier molecular flexibility index (Phi) is 4.35. The van der Waals surface area contributed by atoms with Gasteiger partial charge in [0.2, 0.25) is 11.9 Å². The second-order valence-corrected chi connectivity index (χ2v) is 5.09. The van der Waals surface area contributed by atoms with E-state index in [9.17, 15) is 4.79 Å². The van der Waals surface area contributed by atoms with Gasteiger partial charge in [-0.05, 0) is 32.3 Å². The van der Waals surface area contributed by atoms with Gasteiger partial charge in [0.1, 0.15) is 0 Å². The first-order chi connectivity index (χ1) is 9.11. The van der Waals surface area contributed by atoms with Crippen LogP contribution in [0.4, 0.5) is 5.95 Å². The molecule has 0 spiro atoms. The summed E-state index contributed by atoms with van der Waals surface area (Å²) in [5.41, 5.74) is 2.06. The first-order valence-electron chi connectivity index (χ1n) is 6.94. The lowest BCUT2D eigenvalue weighted by Crippen LogP contribution is -2.37. The summed E-state index contributed by atoms with van der Waals surface area (Å²) in [6.07, 6.45) is 3.81. The van der Waals surface area contributed by atoms with Crippen LogP contribution in [0.3, 0.4) is 0 Å². The highest BCUT2D eigenvalue weighted by Gasteiger charge is 2.22. The fourth-order valence-electron chi connectivity index (χ4n) is 2.26. The lowest BCUT2D eigenvalue weighted by molar-refractivity contribution is -0.129. The molecule has 0 atom stereocenters. The Balaban J connectivity index is 2.13. The van der Waals surface area contributed by atoms with Crippen molar-refractivity contribution >= 4 is 11.9 Å². The number of aryl methyl sites for hydroxylation is 2. The Labute approximate surface area is 114 Å². The fourth-order valence-corrected chi connectivity index (χ4v) is 2.26. The van der Waals surface area contributed by atoms with Crippen LogP contribution in [0.5, 0.6) is 0 Å². The van der Waals surface area contributed by atoms with Gasteiger partial charge in [0.05, 0.1) is 6.54 Å². The van der Waals surface area contributed by atoms with Gasteiger partial charge in [-0.25, -0.2) is 9.97 Å². The number of rotatable bonds is 3. The van der Waals surface area contributed by atoms with Crippen molar-refractivity contribution in [3.63, 3.8) is 0 Å². The number of hydrogen-bond acceptors (Lipinski definition) is 4. The first-order valence-corrected chi connectivity index (χ1v) is 6.94. The van der Waals surface area contributed by atoms with Crippen molar-refractivity contribution in [3.05, 3.63) is 17.5 Å². The molecular weight excluding hydrogens is 240 g/mol. The molecule has 104 valence electrons. The van der Waals surface area contributed by atoms with Crippen molar-refractivity contribution in [1.29, 1.82) is 0 Å². The van der Waals surface area contributed by atoms with Gasteiger partial charge in [-0.15, -0.1) is 0 Å². The Morgan fingerprint density at radius 1 is 1.32 bits per heavy atom. The average Bonchev–Trinajstić information content (AvgIpc) is 2.56. The lowest BCUT2D eigenvalue weighted by Gasteiger charge is -2.21. The molecule has 1 aliphatic rings. The topological polar surface area (TPSA) is 49.3 Å². The molecule has 19 heavy (non-hydrogen) atoms. The van der Waals surface area contributed by atoms with E-state index in [1.807, 2.05) is 29.8 Å². The quantitative estimate of drug-likeness (QED) is 0.829. The van der Waals surface area contributed by atoms with Crippen LogP contribution in [0.15, 0.2) is 6.20 Å². The van der Waals surface area contributed by atoms with Gasteiger partial charge >= 0.3 is 0 Å². The minimum atomic E-state index is 0.182. The minimum absolute atomic E-state index is 0.182. The maximum absolute atomic E-state index is 12.2. The van der Waals surface area contributed by atoms with E-state index in [1.165, 1.54) is 0 Å². The van der Waals surface area contributed by atoms with Crippen LogP contribution in [-0.2, 0) is 4.79 Å². The highest BCUT2D eigenvalue weighted by Crippen LogP contribution is 2.14. The van der Waals surface area contributed by atoms with Crippen molar-refractivity contribution < 1.29 is 4.79 Å². The predicted octanol–water partition coefficient (Wildman–Crippen LogP) is 1.54. The van der Waals surface area contributed by atoms with Crippen molar-refractivity contribution in [1.82, 2.24) is 14.9 Å². The zero-order valence-electron chi connectivity index (χ0n) is 12.0. The molecule has 2 rings (SSSR count). The van der Waals surface area contributed by atoms with Gasteiger partial charge in [-0.3, -0.25) is 4.79 Å². The summed E-state index contributed by atoms with van der Waals surface area (Å²) < 4.78 is 0. The summed E-state index contributed by atoms with van der Waals surface area (Å²) in [6.45, 7) is 8.99. The molecule has 1 aromatic heterocycles. The normalized spacial score (nSPS) is 16.7. The number of hydrogen-bond donors (Lipinski definition) is 0. The SMILES string of the molecule is CCCN1CCCN(c2ncc(C)c(C)n2)CC1=O.